The van der Waals surface area contributed by atoms with E-state index in [1.165, 1.54) is 15.6 Å². The second kappa shape index (κ2) is 8.46. The largest absolute Gasteiger partial charge is 0.324 e. The Morgan fingerprint density at radius 2 is 1.87 bits per heavy atom. The molecule has 1 aromatic heterocycles. The summed E-state index contributed by atoms with van der Waals surface area (Å²) in [5.74, 6) is -0.210. The first kappa shape index (κ1) is 21.0. The number of anilines is 2. The van der Waals surface area contributed by atoms with Gasteiger partial charge in [-0.05, 0) is 30.5 Å². The highest BCUT2D eigenvalue weighted by Gasteiger charge is 2.33. The summed E-state index contributed by atoms with van der Waals surface area (Å²) in [5.41, 5.74) is 1.33. The van der Waals surface area contributed by atoms with Crippen molar-refractivity contribution in [2.24, 2.45) is 0 Å². The minimum atomic E-state index is -3.47. The van der Waals surface area contributed by atoms with E-state index in [4.69, 9.17) is 0 Å². The van der Waals surface area contributed by atoms with Crippen molar-refractivity contribution in [2.75, 3.05) is 42.9 Å². The molecule has 4 rings (SSSR count). The average Bonchev–Trinajstić information content (AvgIpc) is 3.21. The molecule has 0 radical (unpaired) electrons. The fourth-order valence-electron chi connectivity index (χ4n) is 3.90. The second-order valence-electron chi connectivity index (χ2n) is 7.49. The van der Waals surface area contributed by atoms with E-state index >= 15 is 0 Å². The highest BCUT2D eigenvalue weighted by molar-refractivity contribution is 7.91. The van der Waals surface area contributed by atoms with Crippen LogP contribution in [0.3, 0.4) is 0 Å². The molecule has 3 heterocycles. The molecule has 1 aromatic carbocycles. The molecule has 0 bridgehead atoms. The van der Waals surface area contributed by atoms with Crippen LogP contribution >= 0.6 is 11.3 Å². The minimum Gasteiger partial charge on any atom is -0.324 e. The number of nitrogens with zero attached hydrogens (tertiary/aromatic N) is 3. The van der Waals surface area contributed by atoms with Crippen LogP contribution in [0.25, 0.3) is 0 Å². The Hall–Kier alpha value is -2.27. The zero-order valence-electron chi connectivity index (χ0n) is 16.7. The maximum Gasteiger partial charge on any atom is 0.252 e. The quantitative estimate of drug-likeness (QED) is 0.771. The lowest BCUT2D eigenvalue weighted by Gasteiger charge is -2.35. The number of piperazine rings is 1. The van der Waals surface area contributed by atoms with E-state index in [0.29, 0.717) is 41.8 Å². The van der Waals surface area contributed by atoms with Crippen LogP contribution < -0.4 is 10.2 Å². The van der Waals surface area contributed by atoms with Crippen molar-refractivity contribution in [1.29, 1.82) is 0 Å². The number of carbonyl (C=O) groups is 2. The number of rotatable bonds is 4. The molecule has 2 aliphatic rings. The average molecular weight is 449 g/mol. The molecule has 10 heteroatoms. The van der Waals surface area contributed by atoms with Gasteiger partial charge < -0.3 is 10.2 Å². The third-order valence-corrected chi connectivity index (χ3v) is 8.68. The summed E-state index contributed by atoms with van der Waals surface area (Å²) in [6.07, 6.45) is 0.229. The number of hydrogen-bond acceptors (Lipinski definition) is 6. The van der Waals surface area contributed by atoms with Crippen molar-refractivity contribution in [1.82, 2.24) is 9.21 Å². The maximum atomic E-state index is 13.2. The van der Waals surface area contributed by atoms with Crippen LogP contribution in [0.15, 0.2) is 46.0 Å². The SMILES string of the molecule is CC1CC(=O)Nc2ccccc2N1C(=O)CN1CCN(S(=O)(=O)c2cccs2)CC1. The topological polar surface area (TPSA) is 90.0 Å². The Labute approximate surface area is 180 Å². The van der Waals surface area contributed by atoms with E-state index in [2.05, 4.69) is 5.32 Å². The molecule has 1 unspecified atom stereocenters. The van der Waals surface area contributed by atoms with Crippen molar-refractivity contribution in [2.45, 2.75) is 23.6 Å². The molecule has 1 N–H and O–H groups in total. The fraction of sp³-hybridized carbons (Fsp3) is 0.400. The van der Waals surface area contributed by atoms with Gasteiger partial charge in [-0.25, -0.2) is 8.42 Å². The standard InChI is InChI=1S/C20H24N4O4S2/c1-15-13-18(25)21-16-5-2-3-6-17(16)24(15)19(26)14-22-8-10-23(11-9-22)30(27,28)20-7-4-12-29-20/h2-7,12,15H,8-11,13-14H2,1H3,(H,21,25). The lowest BCUT2D eigenvalue weighted by molar-refractivity contribution is -0.120. The molecule has 1 fully saturated rings. The van der Waals surface area contributed by atoms with Crippen molar-refractivity contribution in [3.05, 3.63) is 41.8 Å². The number of benzene rings is 1. The van der Waals surface area contributed by atoms with E-state index in [9.17, 15) is 18.0 Å². The predicted molar refractivity (Wildman–Crippen MR) is 116 cm³/mol. The number of nitrogens with one attached hydrogen (secondary N) is 1. The van der Waals surface area contributed by atoms with Gasteiger partial charge in [0.05, 0.1) is 17.9 Å². The lowest BCUT2D eigenvalue weighted by Crippen LogP contribution is -2.52. The van der Waals surface area contributed by atoms with Gasteiger partial charge in [0.1, 0.15) is 4.21 Å². The Bertz CT molecular complexity index is 1030. The molecular weight excluding hydrogens is 424 g/mol. The summed E-state index contributed by atoms with van der Waals surface area (Å²) >= 11 is 1.21. The maximum absolute atomic E-state index is 13.2. The van der Waals surface area contributed by atoms with Crippen LogP contribution in [0.2, 0.25) is 0 Å². The molecule has 8 nitrogen and oxygen atoms in total. The van der Waals surface area contributed by atoms with Gasteiger partial charge in [-0.15, -0.1) is 11.3 Å². The lowest BCUT2D eigenvalue weighted by atomic mass is 10.1. The van der Waals surface area contributed by atoms with Crippen molar-refractivity contribution in [3.8, 4) is 0 Å². The third kappa shape index (κ3) is 4.13. The van der Waals surface area contributed by atoms with Crippen LogP contribution in [0, 0.1) is 0 Å². The van der Waals surface area contributed by atoms with Crippen LogP contribution in [0.4, 0.5) is 11.4 Å². The fourth-order valence-corrected chi connectivity index (χ4v) is 6.47. The van der Waals surface area contributed by atoms with Gasteiger partial charge in [-0.1, -0.05) is 18.2 Å². The summed E-state index contributed by atoms with van der Waals surface area (Å²) in [7, 11) is -3.47. The number of carbonyl (C=O) groups excluding carboxylic acids is 2. The Morgan fingerprint density at radius 3 is 2.57 bits per heavy atom. The first-order valence-electron chi connectivity index (χ1n) is 9.83. The smallest absolute Gasteiger partial charge is 0.252 e. The van der Waals surface area contributed by atoms with Gasteiger partial charge in [-0.3, -0.25) is 14.5 Å². The highest BCUT2D eigenvalue weighted by atomic mass is 32.2. The molecule has 0 saturated carbocycles. The monoisotopic (exact) mass is 448 g/mol. The van der Waals surface area contributed by atoms with E-state index < -0.39 is 10.0 Å². The van der Waals surface area contributed by atoms with Gasteiger partial charge >= 0.3 is 0 Å². The van der Waals surface area contributed by atoms with Crippen molar-refractivity contribution in [3.63, 3.8) is 0 Å². The van der Waals surface area contributed by atoms with E-state index in [-0.39, 0.29) is 30.8 Å². The summed E-state index contributed by atoms with van der Waals surface area (Å²) in [6.45, 7) is 3.71. The first-order valence-corrected chi connectivity index (χ1v) is 12.1. The van der Waals surface area contributed by atoms with Crippen molar-refractivity contribution >= 4 is 44.5 Å². The molecular formula is C20H24N4O4S2. The van der Waals surface area contributed by atoms with Gasteiger partial charge in [-0.2, -0.15) is 4.31 Å². The van der Waals surface area contributed by atoms with E-state index in [1.54, 1.807) is 28.5 Å². The minimum absolute atomic E-state index is 0.0963. The number of sulfonamides is 1. The summed E-state index contributed by atoms with van der Waals surface area (Å²) < 4.78 is 27.2. The molecule has 0 aliphatic carbocycles. The zero-order valence-corrected chi connectivity index (χ0v) is 18.3. The Morgan fingerprint density at radius 1 is 1.13 bits per heavy atom. The highest BCUT2D eigenvalue weighted by Crippen LogP contribution is 2.31. The number of hydrogen-bond donors (Lipinski definition) is 1. The van der Waals surface area contributed by atoms with Crippen LogP contribution in [0.1, 0.15) is 13.3 Å². The van der Waals surface area contributed by atoms with Crippen LogP contribution in [0.5, 0.6) is 0 Å². The number of para-hydroxylation sites is 2. The Kier molecular flexibility index (Phi) is 5.92. The predicted octanol–water partition coefficient (Wildman–Crippen LogP) is 1.82. The second-order valence-corrected chi connectivity index (χ2v) is 10.6. The molecule has 1 atom stereocenters. The van der Waals surface area contributed by atoms with Gasteiger partial charge in [0.25, 0.3) is 10.0 Å². The summed E-state index contributed by atoms with van der Waals surface area (Å²) in [6, 6.07) is 10.4. The molecule has 160 valence electrons. The number of thiophene rings is 1. The Balaban J connectivity index is 1.43. The first-order chi connectivity index (χ1) is 14.4. The van der Waals surface area contributed by atoms with Gasteiger partial charge in [0.2, 0.25) is 11.8 Å². The zero-order chi connectivity index (χ0) is 21.3. The van der Waals surface area contributed by atoms with E-state index in [0.717, 1.165) is 0 Å². The number of fused-ring (bicyclic) bond motifs is 1. The van der Waals surface area contributed by atoms with Crippen LogP contribution in [-0.4, -0.2) is 68.2 Å². The number of amides is 2. The molecule has 1 saturated heterocycles. The summed E-state index contributed by atoms with van der Waals surface area (Å²) in [5, 5.41) is 4.61. The van der Waals surface area contributed by atoms with E-state index in [1.807, 2.05) is 30.0 Å². The normalized spacial score (nSPS) is 21.0. The molecule has 2 amide bonds. The third-order valence-electron chi connectivity index (χ3n) is 5.41. The van der Waals surface area contributed by atoms with Gasteiger partial charge in [0, 0.05) is 38.6 Å². The van der Waals surface area contributed by atoms with Crippen molar-refractivity contribution < 1.29 is 18.0 Å². The van der Waals surface area contributed by atoms with Gasteiger partial charge in [0.15, 0.2) is 0 Å². The van der Waals surface area contributed by atoms with Crippen LogP contribution in [-0.2, 0) is 19.6 Å². The summed E-state index contributed by atoms with van der Waals surface area (Å²) in [4.78, 5) is 29.0. The molecule has 0 spiro atoms. The molecule has 30 heavy (non-hydrogen) atoms. The molecule has 2 aromatic rings. The molecule has 2 aliphatic heterocycles.